The van der Waals surface area contributed by atoms with Crippen LogP contribution in [0.2, 0.25) is 0 Å². The second-order valence-corrected chi connectivity index (χ2v) is 8.19. The standard InChI is InChI=1S/C27H30O5/c1-27(28)26(31-19-23-15-9-4-10-16-23)25(30-18-22-13-7-3-8-14-22)24(32-27)20-29-17-21-11-5-2-6-12-21/h2-16,24-26,28H,17-20H2,1H3/t24-,25-,26+,27?/m1/s1. The summed E-state index contributed by atoms with van der Waals surface area (Å²) in [5.74, 6) is -1.49. The van der Waals surface area contributed by atoms with Crippen LogP contribution in [0.3, 0.4) is 0 Å². The van der Waals surface area contributed by atoms with Gasteiger partial charge in [-0.05, 0) is 23.6 Å². The van der Waals surface area contributed by atoms with Gasteiger partial charge in [0.05, 0.1) is 26.4 Å². The number of hydrogen-bond donors (Lipinski definition) is 1. The molecule has 5 nitrogen and oxygen atoms in total. The number of benzene rings is 3. The third-order valence-electron chi connectivity index (χ3n) is 5.53. The zero-order valence-corrected chi connectivity index (χ0v) is 18.3. The van der Waals surface area contributed by atoms with Gasteiger partial charge in [-0.3, -0.25) is 0 Å². The highest BCUT2D eigenvalue weighted by Crippen LogP contribution is 2.34. The molecule has 3 aromatic carbocycles. The van der Waals surface area contributed by atoms with E-state index in [1.54, 1.807) is 6.92 Å². The number of rotatable bonds is 10. The van der Waals surface area contributed by atoms with Crippen LogP contribution in [-0.4, -0.2) is 35.8 Å². The van der Waals surface area contributed by atoms with Crippen molar-refractivity contribution in [3.8, 4) is 0 Å². The highest BCUT2D eigenvalue weighted by atomic mass is 16.7. The van der Waals surface area contributed by atoms with Crippen LogP contribution in [-0.2, 0) is 38.8 Å². The Morgan fingerprint density at radius 3 is 1.72 bits per heavy atom. The number of ether oxygens (including phenoxy) is 4. The molecule has 0 amide bonds. The Bertz CT molecular complexity index is 930. The molecule has 0 aliphatic carbocycles. The minimum absolute atomic E-state index is 0.287. The first-order valence-corrected chi connectivity index (χ1v) is 10.9. The van der Waals surface area contributed by atoms with Gasteiger partial charge in [-0.1, -0.05) is 91.0 Å². The lowest BCUT2D eigenvalue weighted by Crippen LogP contribution is -2.44. The summed E-state index contributed by atoms with van der Waals surface area (Å²) >= 11 is 0. The number of hydrogen-bond acceptors (Lipinski definition) is 5. The molecular weight excluding hydrogens is 404 g/mol. The first-order chi connectivity index (χ1) is 15.6. The molecule has 1 N–H and O–H groups in total. The molecule has 1 aliphatic rings. The lowest BCUT2D eigenvalue weighted by molar-refractivity contribution is -0.231. The lowest BCUT2D eigenvalue weighted by atomic mass is 10.1. The highest BCUT2D eigenvalue weighted by Gasteiger charge is 2.53. The molecular formula is C27H30O5. The summed E-state index contributed by atoms with van der Waals surface area (Å²) < 4.78 is 24.3. The van der Waals surface area contributed by atoms with E-state index in [1.165, 1.54) is 0 Å². The molecule has 1 heterocycles. The molecule has 0 aromatic heterocycles. The fraction of sp³-hybridized carbons (Fsp3) is 0.333. The van der Waals surface area contributed by atoms with E-state index in [0.29, 0.717) is 19.8 Å². The Morgan fingerprint density at radius 2 is 1.19 bits per heavy atom. The van der Waals surface area contributed by atoms with Crippen LogP contribution < -0.4 is 0 Å². The van der Waals surface area contributed by atoms with E-state index in [0.717, 1.165) is 16.7 Å². The summed E-state index contributed by atoms with van der Waals surface area (Å²) in [7, 11) is 0. The average Bonchev–Trinajstić information content (AvgIpc) is 3.07. The quantitative estimate of drug-likeness (QED) is 0.510. The van der Waals surface area contributed by atoms with E-state index >= 15 is 0 Å². The van der Waals surface area contributed by atoms with Gasteiger partial charge < -0.3 is 24.1 Å². The van der Waals surface area contributed by atoms with E-state index in [2.05, 4.69) is 0 Å². The van der Waals surface area contributed by atoms with Crippen LogP contribution >= 0.6 is 0 Å². The summed E-state index contributed by atoms with van der Waals surface area (Å²) in [5.41, 5.74) is 3.15. The summed E-state index contributed by atoms with van der Waals surface area (Å²) in [6, 6.07) is 29.8. The van der Waals surface area contributed by atoms with Gasteiger partial charge in [-0.2, -0.15) is 0 Å². The molecule has 4 rings (SSSR count). The first kappa shape index (κ1) is 22.6. The summed E-state index contributed by atoms with van der Waals surface area (Å²) in [4.78, 5) is 0. The van der Waals surface area contributed by atoms with Gasteiger partial charge in [0.15, 0.2) is 5.79 Å². The maximum Gasteiger partial charge on any atom is 0.192 e. The second-order valence-electron chi connectivity index (χ2n) is 8.19. The van der Waals surface area contributed by atoms with E-state index in [4.69, 9.17) is 18.9 Å². The Labute approximate surface area is 189 Å². The van der Waals surface area contributed by atoms with Crippen molar-refractivity contribution in [1.29, 1.82) is 0 Å². The first-order valence-electron chi connectivity index (χ1n) is 10.9. The third-order valence-corrected chi connectivity index (χ3v) is 5.53. The van der Waals surface area contributed by atoms with Gasteiger partial charge in [-0.25, -0.2) is 0 Å². The zero-order chi connectivity index (χ0) is 22.2. The Balaban J connectivity index is 1.44. The molecule has 4 atom stereocenters. The van der Waals surface area contributed by atoms with Crippen LogP contribution in [0.4, 0.5) is 0 Å². The monoisotopic (exact) mass is 434 g/mol. The fourth-order valence-electron chi connectivity index (χ4n) is 3.91. The Kier molecular flexibility index (Phi) is 7.68. The van der Waals surface area contributed by atoms with Crippen molar-refractivity contribution in [1.82, 2.24) is 0 Å². The normalized spacial score (nSPS) is 25.1. The summed E-state index contributed by atoms with van der Waals surface area (Å²) in [6.07, 6.45) is -1.60. The smallest absolute Gasteiger partial charge is 0.192 e. The van der Waals surface area contributed by atoms with Crippen molar-refractivity contribution in [3.05, 3.63) is 108 Å². The topological polar surface area (TPSA) is 57.2 Å². The molecule has 1 fully saturated rings. The van der Waals surface area contributed by atoms with Gasteiger partial charge in [0.25, 0.3) is 0 Å². The van der Waals surface area contributed by atoms with Gasteiger partial charge in [0.1, 0.15) is 18.3 Å². The van der Waals surface area contributed by atoms with Crippen LogP contribution in [0.5, 0.6) is 0 Å². The molecule has 168 valence electrons. The molecule has 3 aromatic rings. The molecule has 1 saturated heterocycles. The predicted octanol–water partition coefficient (Wildman–Crippen LogP) is 4.48. The molecule has 1 aliphatic heterocycles. The second kappa shape index (κ2) is 10.9. The van der Waals surface area contributed by atoms with Crippen LogP contribution in [0.15, 0.2) is 91.0 Å². The maximum atomic E-state index is 11.0. The van der Waals surface area contributed by atoms with Crippen molar-refractivity contribution in [2.24, 2.45) is 0 Å². The average molecular weight is 435 g/mol. The summed E-state index contributed by atoms with van der Waals surface area (Å²) in [5, 5.41) is 11.0. The third kappa shape index (κ3) is 6.03. The fourth-order valence-corrected chi connectivity index (χ4v) is 3.91. The summed E-state index contributed by atoms with van der Waals surface area (Å²) in [6.45, 7) is 3.12. The Morgan fingerprint density at radius 1 is 0.719 bits per heavy atom. The van der Waals surface area contributed by atoms with Crippen molar-refractivity contribution >= 4 is 0 Å². The SMILES string of the molecule is CC1(O)O[C@H](COCc2ccccc2)[C@@H](OCc2ccccc2)[C@@H]1OCc1ccccc1. The molecule has 0 spiro atoms. The van der Waals surface area contributed by atoms with Gasteiger partial charge in [0.2, 0.25) is 0 Å². The zero-order valence-electron chi connectivity index (χ0n) is 18.3. The molecule has 0 bridgehead atoms. The van der Waals surface area contributed by atoms with Crippen molar-refractivity contribution in [2.75, 3.05) is 6.61 Å². The van der Waals surface area contributed by atoms with E-state index < -0.39 is 24.1 Å². The van der Waals surface area contributed by atoms with Crippen LogP contribution in [0, 0.1) is 0 Å². The van der Waals surface area contributed by atoms with Crippen LogP contribution in [0.25, 0.3) is 0 Å². The van der Waals surface area contributed by atoms with E-state index in [-0.39, 0.29) is 6.61 Å². The minimum Gasteiger partial charge on any atom is -0.374 e. The largest absolute Gasteiger partial charge is 0.374 e. The van der Waals surface area contributed by atoms with E-state index in [9.17, 15) is 5.11 Å². The van der Waals surface area contributed by atoms with Crippen molar-refractivity contribution in [3.63, 3.8) is 0 Å². The minimum atomic E-state index is -1.49. The molecule has 32 heavy (non-hydrogen) atoms. The Hall–Kier alpha value is -2.54. The molecule has 0 radical (unpaired) electrons. The molecule has 5 heteroatoms. The predicted molar refractivity (Wildman–Crippen MR) is 122 cm³/mol. The molecule has 0 saturated carbocycles. The van der Waals surface area contributed by atoms with E-state index in [1.807, 2.05) is 91.0 Å². The molecule has 1 unspecified atom stereocenters. The number of aliphatic hydroxyl groups is 1. The van der Waals surface area contributed by atoms with Gasteiger partial charge in [0, 0.05) is 0 Å². The van der Waals surface area contributed by atoms with Gasteiger partial charge >= 0.3 is 0 Å². The lowest BCUT2D eigenvalue weighted by Gasteiger charge is -2.27. The highest BCUT2D eigenvalue weighted by molar-refractivity contribution is 5.15. The maximum absolute atomic E-state index is 11.0. The van der Waals surface area contributed by atoms with Crippen molar-refractivity contribution in [2.45, 2.75) is 50.8 Å². The van der Waals surface area contributed by atoms with Crippen molar-refractivity contribution < 1.29 is 24.1 Å². The van der Waals surface area contributed by atoms with Gasteiger partial charge in [-0.15, -0.1) is 0 Å². The van der Waals surface area contributed by atoms with Crippen LogP contribution in [0.1, 0.15) is 23.6 Å².